The Morgan fingerprint density at radius 1 is 1.36 bits per heavy atom. The number of benzene rings is 1. The maximum atomic E-state index is 9.45. The SMILES string of the molecule is CNc1sc2c(c1C#N)CN(CCc1ccccc1)C(C)C2. The van der Waals surface area contributed by atoms with Gasteiger partial charge in [-0.2, -0.15) is 5.26 Å². The van der Waals surface area contributed by atoms with E-state index >= 15 is 0 Å². The van der Waals surface area contributed by atoms with Crippen LogP contribution in [0, 0.1) is 11.3 Å². The molecule has 1 aliphatic rings. The summed E-state index contributed by atoms with van der Waals surface area (Å²) in [5, 5.41) is 13.6. The van der Waals surface area contributed by atoms with Crippen molar-refractivity contribution in [3.05, 3.63) is 51.9 Å². The summed E-state index contributed by atoms with van der Waals surface area (Å²) in [5.74, 6) is 0. The number of thiophene rings is 1. The predicted molar refractivity (Wildman–Crippen MR) is 92.3 cm³/mol. The molecule has 1 aromatic carbocycles. The van der Waals surface area contributed by atoms with Crippen molar-refractivity contribution in [2.45, 2.75) is 32.4 Å². The number of hydrogen-bond acceptors (Lipinski definition) is 4. The van der Waals surface area contributed by atoms with E-state index in [9.17, 15) is 5.26 Å². The summed E-state index contributed by atoms with van der Waals surface area (Å²) in [4.78, 5) is 3.88. The first-order valence-corrected chi connectivity index (χ1v) is 8.55. The number of rotatable bonds is 4. The fourth-order valence-corrected chi connectivity index (χ4v) is 4.35. The van der Waals surface area contributed by atoms with E-state index < -0.39 is 0 Å². The molecule has 0 aliphatic carbocycles. The highest BCUT2D eigenvalue weighted by Gasteiger charge is 2.28. The number of fused-ring (bicyclic) bond motifs is 1. The minimum Gasteiger partial charge on any atom is -0.379 e. The molecule has 3 nitrogen and oxygen atoms in total. The molecule has 1 unspecified atom stereocenters. The molecule has 4 heteroatoms. The third-order valence-electron chi connectivity index (χ3n) is 4.43. The van der Waals surface area contributed by atoms with E-state index in [1.807, 2.05) is 7.05 Å². The van der Waals surface area contributed by atoms with Gasteiger partial charge < -0.3 is 5.32 Å². The van der Waals surface area contributed by atoms with Crippen LogP contribution < -0.4 is 5.32 Å². The molecule has 114 valence electrons. The summed E-state index contributed by atoms with van der Waals surface area (Å²) < 4.78 is 0. The zero-order valence-corrected chi connectivity index (χ0v) is 13.9. The lowest BCUT2D eigenvalue weighted by atomic mass is 9.99. The van der Waals surface area contributed by atoms with Crippen molar-refractivity contribution in [3.63, 3.8) is 0 Å². The maximum Gasteiger partial charge on any atom is 0.107 e. The highest BCUT2D eigenvalue weighted by molar-refractivity contribution is 7.16. The molecule has 1 aliphatic heterocycles. The standard InChI is InChI=1S/C18H21N3S/c1-13-10-17-16(15(11-19)18(20-2)22-17)12-21(13)9-8-14-6-4-3-5-7-14/h3-7,13,20H,8-10,12H2,1-2H3. The summed E-state index contributed by atoms with van der Waals surface area (Å²) in [5.41, 5.74) is 3.46. The Labute approximate surface area is 136 Å². The maximum absolute atomic E-state index is 9.45. The molecule has 0 saturated carbocycles. The monoisotopic (exact) mass is 311 g/mol. The van der Waals surface area contributed by atoms with E-state index in [0.717, 1.165) is 36.5 Å². The molecule has 2 aromatic rings. The van der Waals surface area contributed by atoms with Crippen molar-refractivity contribution in [2.75, 3.05) is 18.9 Å². The molecule has 0 bridgehead atoms. The predicted octanol–water partition coefficient (Wildman–Crippen LogP) is 3.65. The largest absolute Gasteiger partial charge is 0.379 e. The van der Waals surface area contributed by atoms with Crippen molar-refractivity contribution in [1.29, 1.82) is 5.26 Å². The Balaban J connectivity index is 1.76. The van der Waals surface area contributed by atoms with E-state index in [1.165, 1.54) is 16.0 Å². The molecule has 1 N–H and O–H groups in total. The van der Waals surface area contributed by atoms with Gasteiger partial charge in [0.15, 0.2) is 0 Å². The summed E-state index contributed by atoms with van der Waals surface area (Å²) in [7, 11) is 1.90. The van der Waals surface area contributed by atoms with Crippen LogP contribution in [0.2, 0.25) is 0 Å². The molecule has 1 aromatic heterocycles. The number of anilines is 1. The van der Waals surface area contributed by atoms with Crippen LogP contribution in [0.3, 0.4) is 0 Å². The Morgan fingerprint density at radius 3 is 2.82 bits per heavy atom. The molecule has 22 heavy (non-hydrogen) atoms. The molecule has 0 fully saturated rings. The molecule has 0 amide bonds. The molecular formula is C18H21N3S. The Bertz CT molecular complexity index is 684. The number of nitrogens with zero attached hydrogens (tertiary/aromatic N) is 2. The second-order valence-corrected chi connectivity index (χ2v) is 6.93. The van der Waals surface area contributed by atoms with Crippen LogP contribution in [-0.2, 0) is 19.4 Å². The topological polar surface area (TPSA) is 39.1 Å². The van der Waals surface area contributed by atoms with Crippen LogP contribution in [0.25, 0.3) is 0 Å². The Morgan fingerprint density at radius 2 is 2.14 bits per heavy atom. The van der Waals surface area contributed by atoms with Gasteiger partial charge in [-0.05, 0) is 25.3 Å². The third kappa shape index (κ3) is 2.87. The molecule has 3 rings (SSSR count). The highest BCUT2D eigenvalue weighted by atomic mass is 32.1. The van der Waals surface area contributed by atoms with Crippen molar-refractivity contribution in [1.82, 2.24) is 4.90 Å². The van der Waals surface area contributed by atoms with Crippen LogP contribution in [0.5, 0.6) is 0 Å². The van der Waals surface area contributed by atoms with Gasteiger partial charge in [0.1, 0.15) is 11.1 Å². The average Bonchev–Trinajstić information content (AvgIpc) is 2.90. The third-order valence-corrected chi connectivity index (χ3v) is 5.70. The minimum atomic E-state index is 0.533. The second kappa shape index (κ2) is 6.51. The van der Waals surface area contributed by atoms with Gasteiger partial charge in [-0.15, -0.1) is 11.3 Å². The van der Waals surface area contributed by atoms with Gasteiger partial charge in [-0.1, -0.05) is 30.3 Å². The summed E-state index contributed by atoms with van der Waals surface area (Å²) >= 11 is 1.75. The highest BCUT2D eigenvalue weighted by Crippen LogP contribution is 2.37. The smallest absolute Gasteiger partial charge is 0.107 e. The lowest BCUT2D eigenvalue weighted by molar-refractivity contribution is 0.188. The Hall–Kier alpha value is -1.83. The lowest BCUT2D eigenvalue weighted by Crippen LogP contribution is -2.39. The first-order chi connectivity index (χ1) is 10.7. The average molecular weight is 311 g/mol. The summed E-state index contributed by atoms with van der Waals surface area (Å²) in [6.45, 7) is 4.23. The number of hydrogen-bond donors (Lipinski definition) is 1. The van der Waals surface area contributed by atoms with Crippen LogP contribution >= 0.6 is 11.3 Å². The van der Waals surface area contributed by atoms with E-state index in [-0.39, 0.29) is 0 Å². The molecule has 2 heterocycles. The molecule has 0 radical (unpaired) electrons. The zero-order valence-electron chi connectivity index (χ0n) is 13.1. The number of nitriles is 1. The van der Waals surface area contributed by atoms with Gasteiger partial charge in [-0.3, -0.25) is 4.90 Å². The fourth-order valence-electron chi connectivity index (χ4n) is 3.11. The second-order valence-electron chi connectivity index (χ2n) is 5.83. The molecular weight excluding hydrogens is 290 g/mol. The molecule has 1 atom stereocenters. The summed E-state index contributed by atoms with van der Waals surface area (Å²) in [6.07, 6.45) is 2.11. The van der Waals surface area contributed by atoms with Crippen LogP contribution in [0.4, 0.5) is 5.00 Å². The molecule has 0 spiro atoms. The quantitative estimate of drug-likeness (QED) is 0.937. The van der Waals surface area contributed by atoms with E-state index in [2.05, 4.69) is 53.5 Å². The first-order valence-electron chi connectivity index (χ1n) is 7.73. The first kappa shape index (κ1) is 15.1. The minimum absolute atomic E-state index is 0.533. The van der Waals surface area contributed by atoms with Crippen molar-refractivity contribution in [3.8, 4) is 6.07 Å². The normalized spacial score (nSPS) is 17.8. The van der Waals surface area contributed by atoms with Crippen LogP contribution in [0.15, 0.2) is 30.3 Å². The van der Waals surface area contributed by atoms with E-state index in [4.69, 9.17) is 0 Å². The number of nitrogens with one attached hydrogen (secondary N) is 1. The van der Waals surface area contributed by atoms with Gasteiger partial charge >= 0.3 is 0 Å². The lowest BCUT2D eigenvalue weighted by Gasteiger charge is -2.33. The van der Waals surface area contributed by atoms with Gasteiger partial charge in [0, 0.05) is 36.6 Å². The van der Waals surface area contributed by atoms with Crippen molar-refractivity contribution >= 4 is 16.3 Å². The van der Waals surface area contributed by atoms with E-state index in [0.29, 0.717) is 6.04 Å². The van der Waals surface area contributed by atoms with Gasteiger partial charge in [-0.25, -0.2) is 0 Å². The van der Waals surface area contributed by atoms with Gasteiger partial charge in [0.05, 0.1) is 5.56 Å². The van der Waals surface area contributed by atoms with Crippen LogP contribution in [-0.4, -0.2) is 24.5 Å². The van der Waals surface area contributed by atoms with Crippen LogP contribution in [0.1, 0.15) is 28.5 Å². The summed E-state index contributed by atoms with van der Waals surface area (Å²) in [6, 6.07) is 13.5. The zero-order chi connectivity index (χ0) is 15.5. The van der Waals surface area contributed by atoms with Crippen molar-refractivity contribution in [2.24, 2.45) is 0 Å². The van der Waals surface area contributed by atoms with Gasteiger partial charge in [0.25, 0.3) is 0 Å². The van der Waals surface area contributed by atoms with Crippen molar-refractivity contribution < 1.29 is 0 Å². The fraction of sp³-hybridized carbons (Fsp3) is 0.389. The van der Waals surface area contributed by atoms with Gasteiger partial charge in [0.2, 0.25) is 0 Å². The molecule has 0 saturated heterocycles. The van der Waals surface area contributed by atoms with E-state index in [1.54, 1.807) is 11.3 Å². The Kier molecular flexibility index (Phi) is 4.47.